The highest BCUT2D eigenvalue weighted by Gasteiger charge is 2.66. The number of aliphatic hydroxyl groups excluding tert-OH is 1. The van der Waals surface area contributed by atoms with Crippen LogP contribution < -0.4 is 9.91 Å². The number of rotatable bonds is 9. The number of hydrazone groups is 1. The second-order valence-electron chi connectivity index (χ2n) is 14.8. The van der Waals surface area contributed by atoms with Crippen LogP contribution in [0, 0.1) is 16.0 Å². The van der Waals surface area contributed by atoms with Crippen molar-refractivity contribution in [3.63, 3.8) is 0 Å². The molecule has 4 aliphatic heterocycles. The second kappa shape index (κ2) is 13.7. The summed E-state index contributed by atoms with van der Waals surface area (Å²) in [6, 6.07) is 20.9. The Morgan fingerprint density at radius 2 is 1.85 bits per heavy atom. The lowest BCUT2D eigenvalue weighted by atomic mass is 9.82. The second-order valence-corrected chi connectivity index (χ2v) is 18.7. The smallest absolute Gasteiger partial charge is 0.269 e. The molecule has 0 unspecified atom stereocenters. The van der Waals surface area contributed by atoms with Gasteiger partial charge in [-0.05, 0) is 55.3 Å². The number of likely N-dealkylation sites (tertiary alicyclic amines) is 1. The Morgan fingerprint density at radius 1 is 1.08 bits per heavy atom. The molecule has 5 atom stereocenters. The first kappa shape index (κ1) is 35.6. The van der Waals surface area contributed by atoms with E-state index < -0.39 is 42.3 Å². The van der Waals surface area contributed by atoms with Gasteiger partial charge in [0, 0.05) is 48.5 Å². The molecular weight excluding hydrogens is 683 g/mol. The number of benzene rings is 3. The van der Waals surface area contributed by atoms with Gasteiger partial charge in [-0.1, -0.05) is 49.4 Å². The predicted octanol–water partition coefficient (Wildman–Crippen LogP) is 4.84. The lowest BCUT2D eigenvalue weighted by Crippen LogP contribution is -2.46. The molecule has 3 amide bonds. The molecule has 0 aromatic heterocycles. The molecule has 2 N–H and O–H groups in total. The zero-order valence-electron chi connectivity index (χ0n) is 29.5. The third-order valence-corrected chi connectivity index (χ3v) is 13.6. The van der Waals surface area contributed by atoms with E-state index >= 15 is 0 Å². The van der Waals surface area contributed by atoms with Gasteiger partial charge >= 0.3 is 0 Å². The summed E-state index contributed by atoms with van der Waals surface area (Å²) in [4.78, 5) is 68.0. The number of nitro benzene ring substituents is 1. The van der Waals surface area contributed by atoms with E-state index in [9.17, 15) is 34.4 Å². The molecule has 0 saturated carbocycles. The van der Waals surface area contributed by atoms with Crippen LogP contribution >= 0.6 is 0 Å². The summed E-state index contributed by atoms with van der Waals surface area (Å²) in [5.74, 6) is -1.45. The van der Waals surface area contributed by atoms with Crippen LogP contribution in [0.4, 0.5) is 17.1 Å². The van der Waals surface area contributed by atoms with Crippen LogP contribution in [-0.4, -0.2) is 76.8 Å². The molecule has 0 aliphatic carbocycles. The van der Waals surface area contributed by atoms with Crippen LogP contribution in [0.5, 0.6) is 0 Å². The van der Waals surface area contributed by atoms with E-state index in [1.165, 1.54) is 17.1 Å². The standard InChI is InChI=1S/C38H43N5O8Si/c1-24-36(52(2,3)50)33(21-35(46)40-18-8-13-29(40)23-44)51-38(24)30-20-28(43(48)49)14-16-32(30)41(37(38)47)22-25-9-7-12-27(19-25)42-34(45)17-15-31(39-42)26-10-5-4-6-11-26/h4-7,9-12,14,16,19-20,24,29,33,36,44,50H,8,13,15,17-18,21-23H2,1-3H3/t24-,29+,33+,36-,38+/m1/s1. The topological polar surface area (TPSA) is 166 Å². The monoisotopic (exact) mass is 725 g/mol. The number of carbonyl (C=O) groups is 3. The van der Waals surface area contributed by atoms with E-state index in [2.05, 4.69) is 0 Å². The Balaban J connectivity index is 1.24. The van der Waals surface area contributed by atoms with Crippen LogP contribution in [0.1, 0.15) is 55.7 Å². The van der Waals surface area contributed by atoms with Crippen molar-refractivity contribution in [1.82, 2.24) is 4.90 Å². The predicted molar refractivity (Wildman–Crippen MR) is 196 cm³/mol. The molecule has 0 bridgehead atoms. The number of carbonyl (C=O) groups excluding carboxylic acids is 3. The summed E-state index contributed by atoms with van der Waals surface area (Å²) < 4.78 is 6.77. The van der Waals surface area contributed by atoms with E-state index in [1.54, 1.807) is 47.2 Å². The Labute approximate surface area is 302 Å². The lowest BCUT2D eigenvalue weighted by Gasteiger charge is -2.32. The molecule has 14 heteroatoms. The molecule has 0 radical (unpaired) electrons. The van der Waals surface area contributed by atoms with Crippen molar-refractivity contribution in [1.29, 1.82) is 0 Å². The number of fused-ring (bicyclic) bond motifs is 2. The molecule has 2 fully saturated rings. The molecule has 52 heavy (non-hydrogen) atoms. The molecule has 272 valence electrons. The maximum atomic E-state index is 14.9. The minimum atomic E-state index is -3.12. The summed E-state index contributed by atoms with van der Waals surface area (Å²) >= 11 is 0. The van der Waals surface area contributed by atoms with Gasteiger partial charge in [-0.15, -0.1) is 0 Å². The summed E-state index contributed by atoms with van der Waals surface area (Å²) in [5.41, 5.74) is 1.26. The molecule has 1 spiro atoms. The maximum Gasteiger partial charge on any atom is 0.269 e. The lowest BCUT2D eigenvalue weighted by molar-refractivity contribution is -0.385. The highest BCUT2D eigenvalue weighted by atomic mass is 28.4. The van der Waals surface area contributed by atoms with Gasteiger partial charge in [0.25, 0.3) is 11.6 Å². The number of nitrogens with zero attached hydrogens (tertiary/aromatic N) is 5. The third kappa shape index (κ3) is 6.12. The highest BCUT2D eigenvalue weighted by Crippen LogP contribution is 2.60. The Hall–Kier alpha value is -4.76. The van der Waals surface area contributed by atoms with Crippen LogP contribution in [0.15, 0.2) is 77.9 Å². The van der Waals surface area contributed by atoms with Gasteiger partial charge in [-0.2, -0.15) is 5.10 Å². The quantitative estimate of drug-likeness (QED) is 0.180. The molecule has 2 saturated heterocycles. The number of nitro groups is 1. The number of amides is 3. The summed E-state index contributed by atoms with van der Waals surface area (Å²) in [5, 5.41) is 28.0. The fourth-order valence-electron chi connectivity index (χ4n) is 8.74. The van der Waals surface area contributed by atoms with Crippen LogP contribution in [0.25, 0.3) is 0 Å². The van der Waals surface area contributed by atoms with Gasteiger partial charge in [-0.3, -0.25) is 24.5 Å². The van der Waals surface area contributed by atoms with Crippen molar-refractivity contribution in [3.05, 3.63) is 99.6 Å². The van der Waals surface area contributed by atoms with E-state index in [4.69, 9.17) is 9.84 Å². The Bertz CT molecular complexity index is 1950. The molecule has 4 aliphatic rings. The fraction of sp³-hybridized carbons (Fsp3) is 0.421. The fourth-order valence-corrected chi connectivity index (χ4v) is 11.3. The highest BCUT2D eigenvalue weighted by molar-refractivity contribution is 6.71. The van der Waals surface area contributed by atoms with Gasteiger partial charge in [0.15, 0.2) is 13.9 Å². The van der Waals surface area contributed by atoms with Gasteiger partial charge in [-0.25, -0.2) is 5.01 Å². The number of ether oxygens (including phenoxy) is 1. The number of non-ortho nitro benzene ring substituents is 1. The van der Waals surface area contributed by atoms with Crippen molar-refractivity contribution < 1.29 is 33.9 Å². The molecule has 7 rings (SSSR count). The number of hydrogen-bond acceptors (Lipinski definition) is 9. The molecular formula is C38H43N5O8Si. The first-order valence-electron chi connectivity index (χ1n) is 17.8. The summed E-state index contributed by atoms with van der Waals surface area (Å²) in [6.45, 7) is 5.74. The first-order valence-corrected chi connectivity index (χ1v) is 20.8. The minimum absolute atomic E-state index is 0.0623. The number of aliphatic hydroxyl groups is 1. The maximum absolute atomic E-state index is 14.9. The SMILES string of the molecule is C[C@@H]1[C@@H]([Si](C)(C)O)[C@H](CC(=O)N2CCC[C@H]2CO)O[C@@]12C(=O)N(Cc1cccc(N3N=C(c4ccccc4)CCC3=O)c1)c1ccc([N+](=O)[O-])cc12. The summed E-state index contributed by atoms with van der Waals surface area (Å²) in [6.07, 6.45) is 1.33. The van der Waals surface area contributed by atoms with Gasteiger partial charge in [0.05, 0.1) is 53.7 Å². The van der Waals surface area contributed by atoms with Crippen LogP contribution in [0.3, 0.4) is 0 Å². The van der Waals surface area contributed by atoms with Crippen molar-refractivity contribution in [2.24, 2.45) is 11.0 Å². The zero-order valence-corrected chi connectivity index (χ0v) is 30.5. The van der Waals surface area contributed by atoms with E-state index in [0.717, 1.165) is 17.7 Å². The number of anilines is 2. The van der Waals surface area contributed by atoms with E-state index in [0.29, 0.717) is 48.3 Å². The largest absolute Gasteiger partial charge is 0.432 e. The normalized spacial score (nSPS) is 25.9. The van der Waals surface area contributed by atoms with Gasteiger partial charge < -0.3 is 24.4 Å². The van der Waals surface area contributed by atoms with E-state index in [-0.39, 0.29) is 43.1 Å². The van der Waals surface area contributed by atoms with Crippen molar-refractivity contribution in [3.8, 4) is 0 Å². The molecule has 13 nitrogen and oxygen atoms in total. The van der Waals surface area contributed by atoms with Gasteiger partial charge in [0.2, 0.25) is 11.8 Å². The van der Waals surface area contributed by atoms with Gasteiger partial charge in [0.1, 0.15) is 0 Å². The van der Waals surface area contributed by atoms with E-state index in [1.807, 2.05) is 43.3 Å². The zero-order chi connectivity index (χ0) is 36.9. The average Bonchev–Trinajstić information content (AvgIpc) is 3.79. The van der Waals surface area contributed by atoms with Crippen LogP contribution in [-0.2, 0) is 31.3 Å². The third-order valence-electron chi connectivity index (χ3n) is 11.1. The molecule has 3 aromatic carbocycles. The Kier molecular flexibility index (Phi) is 9.36. The van der Waals surface area contributed by atoms with Crippen molar-refractivity contribution in [2.45, 2.75) is 82.0 Å². The average molecular weight is 726 g/mol. The van der Waals surface area contributed by atoms with Crippen molar-refractivity contribution in [2.75, 3.05) is 23.1 Å². The number of hydrogen-bond donors (Lipinski definition) is 2. The molecule has 3 aromatic rings. The molecule has 4 heterocycles. The van der Waals surface area contributed by atoms with Crippen molar-refractivity contribution >= 4 is 48.8 Å². The Morgan fingerprint density at radius 3 is 2.56 bits per heavy atom. The minimum Gasteiger partial charge on any atom is -0.432 e. The first-order chi connectivity index (χ1) is 24.8. The summed E-state index contributed by atoms with van der Waals surface area (Å²) in [7, 11) is -3.12. The van der Waals surface area contributed by atoms with Crippen LogP contribution in [0.2, 0.25) is 18.6 Å².